The molecule has 0 unspecified atom stereocenters. The van der Waals surface area contributed by atoms with Crippen LogP contribution in [0.5, 0.6) is 0 Å². The van der Waals surface area contributed by atoms with Crippen LogP contribution >= 0.6 is 35.1 Å². The Hall–Kier alpha value is 1.24. The van der Waals surface area contributed by atoms with Crippen molar-refractivity contribution in [3.05, 3.63) is 15.9 Å². The van der Waals surface area contributed by atoms with Crippen molar-refractivity contribution in [1.29, 1.82) is 0 Å². The van der Waals surface area contributed by atoms with Gasteiger partial charge in [-0.3, -0.25) is 0 Å². The number of rotatable bonds is 7. The first-order chi connectivity index (χ1) is 7.24. The van der Waals surface area contributed by atoms with E-state index in [1.807, 2.05) is 6.54 Å². The van der Waals surface area contributed by atoms with Crippen molar-refractivity contribution in [2.75, 3.05) is 6.54 Å². The SMILES string of the molecule is CCCCCCCCN1[CH-]C(Cl)=C(Cl)S1.[Ag+]. The Kier molecular flexibility index (Phi) is 11.0. The molecular weight excluding hydrogens is 357 g/mol. The Labute approximate surface area is 129 Å². The Bertz CT molecular complexity index is 210. The van der Waals surface area contributed by atoms with Crippen molar-refractivity contribution in [2.45, 2.75) is 45.4 Å². The van der Waals surface area contributed by atoms with Crippen LogP contribution in [0.1, 0.15) is 45.4 Å². The third-order valence-electron chi connectivity index (χ3n) is 2.37. The minimum atomic E-state index is 0. The van der Waals surface area contributed by atoms with Gasteiger partial charge in [-0.25, -0.2) is 0 Å². The largest absolute Gasteiger partial charge is 1.00 e. The van der Waals surface area contributed by atoms with Gasteiger partial charge in [-0.15, -0.1) is 30.1 Å². The topological polar surface area (TPSA) is 3.24 Å². The molecule has 0 aromatic rings. The molecule has 0 fully saturated rings. The molecule has 0 aromatic heterocycles. The molecule has 1 aliphatic rings. The normalized spacial score (nSPS) is 16.2. The first-order valence-corrected chi connectivity index (χ1v) is 7.11. The van der Waals surface area contributed by atoms with Gasteiger partial charge in [-0.1, -0.05) is 44.1 Å². The fourth-order valence-corrected chi connectivity index (χ4v) is 2.83. The zero-order chi connectivity index (χ0) is 11.1. The smallest absolute Gasteiger partial charge is 0.316 e. The van der Waals surface area contributed by atoms with Crippen LogP contribution in [0.25, 0.3) is 0 Å². The van der Waals surface area contributed by atoms with Gasteiger partial charge in [-0.2, -0.15) is 11.6 Å². The van der Waals surface area contributed by atoms with Crippen LogP contribution in [-0.2, 0) is 22.4 Å². The molecule has 0 radical (unpaired) electrons. The van der Waals surface area contributed by atoms with Gasteiger partial charge < -0.3 is 4.31 Å². The molecule has 1 nitrogen and oxygen atoms in total. The molecule has 0 saturated heterocycles. The van der Waals surface area contributed by atoms with Gasteiger partial charge in [0.05, 0.1) is 0 Å². The van der Waals surface area contributed by atoms with E-state index in [1.165, 1.54) is 50.5 Å². The van der Waals surface area contributed by atoms with Crippen molar-refractivity contribution < 1.29 is 22.4 Å². The molecule has 0 N–H and O–H groups in total. The van der Waals surface area contributed by atoms with Gasteiger partial charge in [0.1, 0.15) is 0 Å². The van der Waals surface area contributed by atoms with Crippen LogP contribution < -0.4 is 0 Å². The number of unbranched alkanes of at least 4 members (excludes halogenated alkanes) is 5. The molecule has 1 heterocycles. The summed E-state index contributed by atoms with van der Waals surface area (Å²) in [5.74, 6) is 0. The van der Waals surface area contributed by atoms with Crippen LogP contribution in [-0.4, -0.2) is 10.8 Å². The standard InChI is InChI=1S/C11H18Cl2NS.Ag/c1-2-3-4-5-6-7-8-14-9-10(12)11(13)15-14;/h9H,2-8H2,1H3;/q-1;+1. The van der Waals surface area contributed by atoms with E-state index in [2.05, 4.69) is 11.2 Å². The van der Waals surface area contributed by atoms with E-state index in [1.54, 1.807) is 0 Å². The number of nitrogens with zero attached hydrogens (tertiary/aromatic N) is 1. The predicted molar refractivity (Wildman–Crippen MR) is 70.7 cm³/mol. The van der Waals surface area contributed by atoms with Gasteiger partial charge >= 0.3 is 22.4 Å². The Morgan fingerprint density at radius 3 is 2.31 bits per heavy atom. The van der Waals surface area contributed by atoms with Crippen LogP contribution in [0.15, 0.2) is 9.40 Å². The fourth-order valence-electron chi connectivity index (χ4n) is 1.51. The van der Waals surface area contributed by atoms with Gasteiger partial charge in [0.25, 0.3) is 0 Å². The van der Waals surface area contributed by atoms with Gasteiger partial charge in [0.15, 0.2) is 0 Å². The molecule has 0 amide bonds. The van der Waals surface area contributed by atoms with Crippen LogP contribution in [0, 0.1) is 6.54 Å². The average Bonchev–Trinajstić information content (AvgIpc) is 2.52. The maximum atomic E-state index is 5.88. The van der Waals surface area contributed by atoms with Crippen molar-refractivity contribution in [1.82, 2.24) is 4.31 Å². The van der Waals surface area contributed by atoms with E-state index in [9.17, 15) is 0 Å². The Morgan fingerprint density at radius 1 is 1.12 bits per heavy atom. The second-order valence-corrected chi connectivity index (χ2v) is 5.82. The zero-order valence-electron chi connectivity index (χ0n) is 9.44. The van der Waals surface area contributed by atoms with Crippen LogP contribution in [0.3, 0.4) is 0 Å². The van der Waals surface area contributed by atoms with Crippen LogP contribution in [0.2, 0.25) is 0 Å². The fraction of sp³-hybridized carbons (Fsp3) is 0.727. The monoisotopic (exact) mass is 373 g/mol. The first-order valence-electron chi connectivity index (χ1n) is 5.58. The molecule has 0 bridgehead atoms. The van der Waals surface area contributed by atoms with E-state index < -0.39 is 0 Å². The van der Waals surface area contributed by atoms with E-state index in [0.717, 1.165) is 6.54 Å². The molecule has 0 saturated carbocycles. The van der Waals surface area contributed by atoms with Crippen LogP contribution in [0.4, 0.5) is 0 Å². The summed E-state index contributed by atoms with van der Waals surface area (Å²) in [5, 5.41) is 0.674. The molecule has 98 valence electrons. The second-order valence-electron chi connectivity index (χ2n) is 3.75. The number of hydrogen-bond donors (Lipinski definition) is 0. The third kappa shape index (κ3) is 6.85. The quantitative estimate of drug-likeness (QED) is 0.263. The first kappa shape index (κ1) is 17.2. The Morgan fingerprint density at radius 2 is 1.75 bits per heavy atom. The van der Waals surface area contributed by atoms with Crippen molar-refractivity contribution in [2.24, 2.45) is 0 Å². The maximum Gasteiger partial charge on any atom is 1.00 e. The molecule has 0 aliphatic carbocycles. The molecule has 1 rings (SSSR count). The summed E-state index contributed by atoms with van der Waals surface area (Å²) >= 11 is 13.3. The number of hydrogen-bond acceptors (Lipinski definition) is 2. The second kappa shape index (κ2) is 10.2. The van der Waals surface area contributed by atoms with E-state index in [0.29, 0.717) is 9.40 Å². The molecule has 0 atom stereocenters. The average molecular weight is 375 g/mol. The Balaban J connectivity index is 0.00000225. The van der Waals surface area contributed by atoms with Crippen molar-refractivity contribution in [3.8, 4) is 0 Å². The summed E-state index contributed by atoms with van der Waals surface area (Å²) in [6.45, 7) is 5.20. The summed E-state index contributed by atoms with van der Waals surface area (Å²) in [4.78, 5) is 0. The van der Waals surface area contributed by atoms with Crippen molar-refractivity contribution in [3.63, 3.8) is 0 Å². The van der Waals surface area contributed by atoms with E-state index in [4.69, 9.17) is 23.2 Å². The minimum Gasteiger partial charge on any atom is -0.316 e. The van der Waals surface area contributed by atoms with Gasteiger partial charge in [0, 0.05) is 0 Å². The molecule has 5 heteroatoms. The minimum absolute atomic E-state index is 0. The summed E-state index contributed by atoms with van der Waals surface area (Å²) in [6, 6.07) is 0. The van der Waals surface area contributed by atoms with E-state index >= 15 is 0 Å². The van der Waals surface area contributed by atoms with Gasteiger partial charge in [-0.05, 0) is 17.3 Å². The molecule has 0 aromatic carbocycles. The maximum absolute atomic E-state index is 5.88. The zero-order valence-corrected chi connectivity index (χ0v) is 13.3. The van der Waals surface area contributed by atoms with Crippen molar-refractivity contribution >= 4 is 35.1 Å². The number of halogens is 2. The summed E-state index contributed by atoms with van der Waals surface area (Å²) in [7, 11) is 0. The molecule has 1 aliphatic heterocycles. The van der Waals surface area contributed by atoms with Gasteiger partial charge in [0.2, 0.25) is 0 Å². The van der Waals surface area contributed by atoms with E-state index in [-0.39, 0.29) is 22.4 Å². The summed E-state index contributed by atoms with van der Waals surface area (Å²) in [6.07, 6.45) is 7.92. The molecule has 0 spiro atoms. The summed E-state index contributed by atoms with van der Waals surface area (Å²) in [5.41, 5.74) is 0. The third-order valence-corrected chi connectivity index (χ3v) is 4.18. The summed E-state index contributed by atoms with van der Waals surface area (Å²) < 4.78 is 2.81. The molecule has 16 heavy (non-hydrogen) atoms. The predicted octanol–water partition coefficient (Wildman–Crippen LogP) is 5.12. The molecular formula is C11H18AgCl2NS.